The van der Waals surface area contributed by atoms with Crippen LogP contribution in [-0.2, 0) is 14.8 Å². The van der Waals surface area contributed by atoms with Crippen molar-refractivity contribution in [3.05, 3.63) is 0 Å². The van der Waals surface area contributed by atoms with Gasteiger partial charge in [0.1, 0.15) is 0 Å². The van der Waals surface area contributed by atoms with Crippen LogP contribution in [0.3, 0.4) is 0 Å². The van der Waals surface area contributed by atoms with Gasteiger partial charge in [-0.05, 0) is 31.1 Å². The Kier molecular flexibility index (Phi) is 5.28. The molecule has 0 aromatic carbocycles. The summed E-state index contributed by atoms with van der Waals surface area (Å²) < 4.78 is 26.1. The molecule has 23 heavy (non-hydrogen) atoms. The van der Waals surface area contributed by atoms with Crippen molar-refractivity contribution in [3.63, 3.8) is 0 Å². The molecular weight excluding hydrogens is 314 g/mol. The van der Waals surface area contributed by atoms with Crippen molar-refractivity contribution in [2.45, 2.75) is 32.6 Å². The third-order valence-corrected chi connectivity index (χ3v) is 7.61. The number of piperidine rings is 1. The molecule has 0 saturated carbocycles. The van der Waals surface area contributed by atoms with E-state index in [2.05, 4.69) is 5.32 Å². The molecule has 0 radical (unpaired) electrons. The lowest BCUT2D eigenvalue weighted by molar-refractivity contribution is -0.135. The molecular formula is C16H29N3O3S. The Balaban J connectivity index is 1.50. The van der Waals surface area contributed by atoms with Gasteiger partial charge in [-0.2, -0.15) is 0 Å². The van der Waals surface area contributed by atoms with E-state index in [-0.39, 0.29) is 17.6 Å². The van der Waals surface area contributed by atoms with Crippen LogP contribution in [0.1, 0.15) is 32.6 Å². The van der Waals surface area contributed by atoms with Gasteiger partial charge in [0.05, 0.1) is 5.75 Å². The molecule has 3 aliphatic heterocycles. The number of likely N-dealkylation sites (tertiary alicyclic amines) is 1. The monoisotopic (exact) mass is 343 g/mol. The lowest BCUT2D eigenvalue weighted by Gasteiger charge is -2.32. The lowest BCUT2D eigenvalue weighted by atomic mass is 9.96. The van der Waals surface area contributed by atoms with Crippen LogP contribution in [0, 0.1) is 17.8 Å². The van der Waals surface area contributed by atoms with Gasteiger partial charge < -0.3 is 10.2 Å². The maximum atomic E-state index is 12.7. The Morgan fingerprint density at radius 3 is 2.30 bits per heavy atom. The minimum absolute atomic E-state index is 0.0133. The fourth-order valence-corrected chi connectivity index (χ4v) is 5.81. The van der Waals surface area contributed by atoms with Crippen LogP contribution < -0.4 is 5.32 Å². The van der Waals surface area contributed by atoms with Crippen molar-refractivity contribution in [3.8, 4) is 0 Å². The highest BCUT2D eigenvalue weighted by atomic mass is 32.2. The Labute approximate surface area is 139 Å². The molecule has 0 aliphatic carbocycles. The van der Waals surface area contributed by atoms with Gasteiger partial charge in [-0.15, -0.1) is 0 Å². The zero-order chi connectivity index (χ0) is 16.4. The number of nitrogens with one attached hydrogen (secondary N) is 1. The SMILES string of the molecule is CCCCS(=O)(=O)N1CCC(C(=O)N2C[C@H]3CNC[C@H]3C2)CC1. The maximum absolute atomic E-state index is 12.7. The number of carbonyl (C=O) groups excluding carboxylic acids is 1. The van der Waals surface area contributed by atoms with E-state index >= 15 is 0 Å². The Hall–Kier alpha value is -0.660. The number of hydrogen-bond acceptors (Lipinski definition) is 4. The number of carbonyl (C=O) groups is 1. The molecule has 3 saturated heterocycles. The van der Waals surface area contributed by atoms with Crippen LogP contribution in [0.5, 0.6) is 0 Å². The molecule has 132 valence electrons. The molecule has 0 bridgehead atoms. The fourth-order valence-electron chi connectivity index (χ4n) is 4.13. The second-order valence-electron chi connectivity index (χ2n) is 7.26. The summed E-state index contributed by atoms with van der Waals surface area (Å²) >= 11 is 0. The van der Waals surface area contributed by atoms with Gasteiger partial charge in [0.25, 0.3) is 0 Å². The highest BCUT2D eigenvalue weighted by Crippen LogP contribution is 2.30. The van der Waals surface area contributed by atoms with Gasteiger partial charge in [-0.1, -0.05) is 13.3 Å². The van der Waals surface area contributed by atoms with Crippen molar-refractivity contribution in [1.29, 1.82) is 0 Å². The summed E-state index contributed by atoms with van der Waals surface area (Å²) in [6, 6.07) is 0. The highest BCUT2D eigenvalue weighted by Gasteiger charge is 2.40. The summed E-state index contributed by atoms with van der Waals surface area (Å²) in [5.74, 6) is 1.75. The van der Waals surface area contributed by atoms with Crippen molar-refractivity contribution in [2.24, 2.45) is 17.8 Å². The van der Waals surface area contributed by atoms with Gasteiger partial charge in [0.2, 0.25) is 15.9 Å². The Morgan fingerprint density at radius 2 is 1.74 bits per heavy atom. The summed E-state index contributed by atoms with van der Waals surface area (Å²) in [4.78, 5) is 14.7. The van der Waals surface area contributed by atoms with Crippen molar-refractivity contribution in [2.75, 3.05) is 45.0 Å². The van der Waals surface area contributed by atoms with Crippen LogP contribution in [-0.4, -0.2) is 68.6 Å². The number of nitrogens with zero attached hydrogens (tertiary/aromatic N) is 2. The molecule has 3 heterocycles. The van der Waals surface area contributed by atoms with E-state index in [1.165, 1.54) is 0 Å². The highest BCUT2D eigenvalue weighted by molar-refractivity contribution is 7.89. The Bertz CT molecular complexity index is 517. The molecule has 3 fully saturated rings. The minimum atomic E-state index is -3.13. The molecule has 6 nitrogen and oxygen atoms in total. The predicted molar refractivity (Wildman–Crippen MR) is 89.4 cm³/mol. The number of sulfonamides is 1. The molecule has 3 aliphatic rings. The minimum Gasteiger partial charge on any atom is -0.342 e. The Morgan fingerprint density at radius 1 is 1.13 bits per heavy atom. The summed E-state index contributed by atoms with van der Waals surface area (Å²) in [6.45, 7) is 6.83. The number of fused-ring (bicyclic) bond motifs is 1. The van der Waals surface area contributed by atoms with E-state index in [0.717, 1.165) is 32.6 Å². The normalized spacial score (nSPS) is 29.9. The van der Waals surface area contributed by atoms with E-state index in [0.29, 0.717) is 44.2 Å². The molecule has 2 atom stereocenters. The summed E-state index contributed by atoms with van der Waals surface area (Å²) in [6.07, 6.45) is 2.95. The molecule has 1 N–H and O–H groups in total. The molecule has 3 rings (SSSR count). The third-order valence-electron chi connectivity index (χ3n) is 5.65. The molecule has 0 unspecified atom stereocenters. The topological polar surface area (TPSA) is 69.7 Å². The van der Waals surface area contributed by atoms with Crippen molar-refractivity contribution < 1.29 is 13.2 Å². The summed E-state index contributed by atoms with van der Waals surface area (Å²) in [5.41, 5.74) is 0. The van der Waals surface area contributed by atoms with Crippen LogP contribution in [0.25, 0.3) is 0 Å². The van der Waals surface area contributed by atoms with Crippen LogP contribution in [0.15, 0.2) is 0 Å². The van der Waals surface area contributed by atoms with E-state index in [1.807, 2.05) is 11.8 Å². The smallest absolute Gasteiger partial charge is 0.225 e. The van der Waals surface area contributed by atoms with Crippen LogP contribution >= 0.6 is 0 Å². The van der Waals surface area contributed by atoms with Gasteiger partial charge in [-0.25, -0.2) is 12.7 Å². The first-order valence-electron chi connectivity index (χ1n) is 8.98. The molecule has 0 aromatic heterocycles. The standard InChI is InChI=1S/C16H29N3O3S/c1-2-3-8-23(21,22)19-6-4-13(5-7-19)16(20)18-11-14-9-17-10-15(14)12-18/h13-15,17H,2-12H2,1H3/t14-,15+. The van der Waals surface area contributed by atoms with Crippen LogP contribution in [0.4, 0.5) is 0 Å². The van der Waals surface area contributed by atoms with E-state index < -0.39 is 10.0 Å². The van der Waals surface area contributed by atoms with Gasteiger partial charge in [-0.3, -0.25) is 4.79 Å². The number of amides is 1. The van der Waals surface area contributed by atoms with Crippen molar-refractivity contribution >= 4 is 15.9 Å². The second kappa shape index (κ2) is 7.07. The molecule has 1 amide bonds. The van der Waals surface area contributed by atoms with Gasteiger partial charge in [0, 0.05) is 45.2 Å². The lowest BCUT2D eigenvalue weighted by Crippen LogP contribution is -2.45. The zero-order valence-electron chi connectivity index (χ0n) is 14.0. The summed E-state index contributed by atoms with van der Waals surface area (Å²) in [5, 5.41) is 3.39. The molecule has 0 aromatic rings. The zero-order valence-corrected chi connectivity index (χ0v) is 14.9. The maximum Gasteiger partial charge on any atom is 0.225 e. The average molecular weight is 343 g/mol. The van der Waals surface area contributed by atoms with Crippen LogP contribution in [0.2, 0.25) is 0 Å². The van der Waals surface area contributed by atoms with Crippen molar-refractivity contribution in [1.82, 2.24) is 14.5 Å². The first-order valence-corrected chi connectivity index (χ1v) is 10.6. The first kappa shape index (κ1) is 17.2. The third kappa shape index (κ3) is 3.72. The fraction of sp³-hybridized carbons (Fsp3) is 0.938. The molecule has 7 heteroatoms. The number of rotatable bonds is 5. The largest absolute Gasteiger partial charge is 0.342 e. The first-order chi connectivity index (χ1) is 11.0. The quantitative estimate of drug-likeness (QED) is 0.789. The van der Waals surface area contributed by atoms with E-state index in [1.54, 1.807) is 4.31 Å². The second-order valence-corrected chi connectivity index (χ2v) is 9.35. The van der Waals surface area contributed by atoms with Gasteiger partial charge >= 0.3 is 0 Å². The van der Waals surface area contributed by atoms with E-state index in [4.69, 9.17) is 0 Å². The average Bonchev–Trinajstić information content (AvgIpc) is 3.14. The van der Waals surface area contributed by atoms with Gasteiger partial charge in [0.15, 0.2) is 0 Å². The van der Waals surface area contributed by atoms with E-state index in [9.17, 15) is 13.2 Å². The number of hydrogen-bond donors (Lipinski definition) is 1. The molecule has 0 spiro atoms. The number of unbranched alkanes of at least 4 members (excludes halogenated alkanes) is 1. The summed E-state index contributed by atoms with van der Waals surface area (Å²) in [7, 11) is -3.13. The predicted octanol–water partition coefficient (Wildman–Crippen LogP) is 0.506.